The SMILES string of the molecule is OC(CNC1CCCN(c2ccccc2F)C1)c1ccc(F)cn1. The average Bonchev–Trinajstić information content (AvgIpc) is 2.61. The third-order valence-electron chi connectivity index (χ3n) is 4.31. The van der Waals surface area contributed by atoms with Crippen molar-refractivity contribution < 1.29 is 13.9 Å². The number of benzene rings is 1. The summed E-state index contributed by atoms with van der Waals surface area (Å²) in [5.74, 6) is -0.639. The number of aromatic nitrogens is 1. The van der Waals surface area contributed by atoms with Crippen LogP contribution in [0.1, 0.15) is 24.6 Å². The van der Waals surface area contributed by atoms with Gasteiger partial charge in [-0.1, -0.05) is 12.1 Å². The minimum atomic E-state index is -0.797. The molecule has 0 aliphatic carbocycles. The van der Waals surface area contributed by atoms with Gasteiger partial charge in [0.1, 0.15) is 17.7 Å². The summed E-state index contributed by atoms with van der Waals surface area (Å²) in [4.78, 5) is 5.92. The van der Waals surface area contributed by atoms with Crippen molar-refractivity contribution in [2.75, 3.05) is 24.5 Å². The molecular formula is C18H21F2N3O. The van der Waals surface area contributed by atoms with Gasteiger partial charge in [0.15, 0.2) is 0 Å². The first-order valence-electron chi connectivity index (χ1n) is 8.16. The lowest BCUT2D eigenvalue weighted by Gasteiger charge is -2.35. The van der Waals surface area contributed by atoms with Gasteiger partial charge in [-0.25, -0.2) is 8.78 Å². The van der Waals surface area contributed by atoms with Crippen molar-refractivity contribution in [2.45, 2.75) is 25.0 Å². The molecule has 2 N–H and O–H groups in total. The molecule has 128 valence electrons. The Morgan fingerprint density at radius 3 is 2.83 bits per heavy atom. The highest BCUT2D eigenvalue weighted by Crippen LogP contribution is 2.23. The first-order valence-corrected chi connectivity index (χ1v) is 8.16. The Kier molecular flexibility index (Phi) is 5.37. The van der Waals surface area contributed by atoms with E-state index in [0.29, 0.717) is 24.5 Å². The minimum absolute atomic E-state index is 0.161. The van der Waals surface area contributed by atoms with Crippen LogP contribution in [0.4, 0.5) is 14.5 Å². The Bertz CT molecular complexity index is 666. The molecule has 1 aromatic heterocycles. The Balaban J connectivity index is 1.56. The molecule has 0 spiro atoms. The van der Waals surface area contributed by atoms with Gasteiger partial charge in [0.25, 0.3) is 0 Å². The van der Waals surface area contributed by atoms with Gasteiger partial charge < -0.3 is 15.3 Å². The number of hydrogen-bond donors (Lipinski definition) is 2. The summed E-state index contributed by atoms with van der Waals surface area (Å²) >= 11 is 0. The van der Waals surface area contributed by atoms with Crippen molar-refractivity contribution in [1.29, 1.82) is 0 Å². The van der Waals surface area contributed by atoms with E-state index in [1.807, 2.05) is 11.0 Å². The van der Waals surface area contributed by atoms with Gasteiger partial charge in [-0.15, -0.1) is 0 Å². The molecule has 0 saturated carbocycles. The van der Waals surface area contributed by atoms with E-state index in [1.165, 1.54) is 18.2 Å². The third kappa shape index (κ3) is 4.07. The van der Waals surface area contributed by atoms with E-state index in [-0.39, 0.29) is 11.9 Å². The monoisotopic (exact) mass is 333 g/mol. The quantitative estimate of drug-likeness (QED) is 0.883. The summed E-state index contributed by atoms with van der Waals surface area (Å²) < 4.78 is 26.8. The number of aliphatic hydroxyl groups is 1. The number of piperidine rings is 1. The van der Waals surface area contributed by atoms with Crippen LogP contribution in [0.3, 0.4) is 0 Å². The molecule has 1 saturated heterocycles. The molecule has 3 rings (SSSR count). The number of nitrogens with one attached hydrogen (secondary N) is 1. The summed E-state index contributed by atoms with van der Waals surface area (Å²) in [5, 5.41) is 13.5. The van der Waals surface area contributed by atoms with Crippen molar-refractivity contribution >= 4 is 5.69 Å². The first-order chi connectivity index (χ1) is 11.6. The van der Waals surface area contributed by atoms with Crippen molar-refractivity contribution in [1.82, 2.24) is 10.3 Å². The predicted molar refractivity (Wildman–Crippen MR) is 88.8 cm³/mol. The molecule has 6 heteroatoms. The topological polar surface area (TPSA) is 48.4 Å². The minimum Gasteiger partial charge on any atom is -0.385 e. The summed E-state index contributed by atoms with van der Waals surface area (Å²) in [7, 11) is 0. The number of halogens is 2. The van der Waals surface area contributed by atoms with E-state index in [0.717, 1.165) is 25.6 Å². The molecule has 4 nitrogen and oxygen atoms in total. The van der Waals surface area contributed by atoms with Crippen LogP contribution in [0.15, 0.2) is 42.6 Å². The number of nitrogens with zero attached hydrogens (tertiary/aromatic N) is 2. The molecule has 1 aliphatic heterocycles. The van der Waals surface area contributed by atoms with Crippen LogP contribution in [-0.4, -0.2) is 35.8 Å². The fourth-order valence-electron chi connectivity index (χ4n) is 3.04. The van der Waals surface area contributed by atoms with Gasteiger partial charge in [-0.3, -0.25) is 4.98 Å². The highest BCUT2D eigenvalue weighted by atomic mass is 19.1. The number of hydrogen-bond acceptors (Lipinski definition) is 4. The zero-order valence-electron chi connectivity index (χ0n) is 13.3. The molecule has 1 aromatic carbocycles. The highest BCUT2D eigenvalue weighted by Gasteiger charge is 2.22. The smallest absolute Gasteiger partial charge is 0.146 e. The number of aliphatic hydroxyl groups excluding tert-OH is 1. The van der Waals surface area contributed by atoms with E-state index in [9.17, 15) is 13.9 Å². The summed E-state index contributed by atoms with van der Waals surface area (Å²) in [6.45, 7) is 1.83. The second-order valence-electron chi connectivity index (χ2n) is 6.06. The molecule has 0 radical (unpaired) electrons. The number of anilines is 1. The lowest BCUT2D eigenvalue weighted by Crippen LogP contribution is -2.47. The van der Waals surface area contributed by atoms with Crippen LogP contribution in [0.2, 0.25) is 0 Å². The van der Waals surface area contributed by atoms with Gasteiger partial charge in [0, 0.05) is 25.7 Å². The zero-order valence-corrected chi connectivity index (χ0v) is 13.3. The van der Waals surface area contributed by atoms with Crippen molar-refractivity contribution in [3.63, 3.8) is 0 Å². The second-order valence-corrected chi connectivity index (χ2v) is 6.06. The van der Waals surface area contributed by atoms with Crippen LogP contribution < -0.4 is 10.2 Å². The Hall–Kier alpha value is -2.05. The number of rotatable bonds is 5. The van der Waals surface area contributed by atoms with Crippen LogP contribution in [0.25, 0.3) is 0 Å². The Morgan fingerprint density at radius 2 is 2.08 bits per heavy atom. The van der Waals surface area contributed by atoms with E-state index >= 15 is 0 Å². The number of para-hydroxylation sites is 1. The van der Waals surface area contributed by atoms with Crippen LogP contribution in [0, 0.1) is 11.6 Å². The molecule has 2 heterocycles. The summed E-state index contributed by atoms with van der Waals surface area (Å²) in [6, 6.07) is 9.70. The van der Waals surface area contributed by atoms with Gasteiger partial charge in [-0.2, -0.15) is 0 Å². The van der Waals surface area contributed by atoms with Crippen molar-refractivity contribution in [2.24, 2.45) is 0 Å². The normalized spacial score (nSPS) is 19.3. The summed E-state index contributed by atoms with van der Waals surface area (Å²) in [5.41, 5.74) is 1.05. The maximum Gasteiger partial charge on any atom is 0.146 e. The van der Waals surface area contributed by atoms with E-state index in [4.69, 9.17) is 0 Å². The standard InChI is InChI=1S/C18H21F2N3O/c19-13-7-8-16(22-10-13)18(24)11-21-14-4-3-9-23(12-14)17-6-2-1-5-15(17)20/h1-2,5-8,10,14,18,21,24H,3-4,9,11-12H2. The highest BCUT2D eigenvalue weighted by molar-refractivity contribution is 5.48. The van der Waals surface area contributed by atoms with E-state index in [2.05, 4.69) is 10.3 Å². The molecule has 2 aromatic rings. The summed E-state index contributed by atoms with van der Waals surface area (Å²) in [6.07, 6.45) is 2.22. The Labute approximate surface area is 140 Å². The fourth-order valence-corrected chi connectivity index (χ4v) is 3.04. The predicted octanol–water partition coefficient (Wildman–Crippen LogP) is 2.65. The van der Waals surface area contributed by atoms with Crippen LogP contribution in [0.5, 0.6) is 0 Å². The largest absolute Gasteiger partial charge is 0.385 e. The van der Waals surface area contributed by atoms with Gasteiger partial charge >= 0.3 is 0 Å². The Morgan fingerprint density at radius 1 is 1.25 bits per heavy atom. The van der Waals surface area contributed by atoms with E-state index < -0.39 is 11.9 Å². The van der Waals surface area contributed by atoms with Gasteiger partial charge in [0.2, 0.25) is 0 Å². The zero-order chi connectivity index (χ0) is 16.9. The maximum absolute atomic E-state index is 13.9. The lowest BCUT2D eigenvalue weighted by molar-refractivity contribution is 0.163. The average molecular weight is 333 g/mol. The molecule has 0 amide bonds. The molecule has 2 atom stereocenters. The fraction of sp³-hybridized carbons (Fsp3) is 0.389. The van der Waals surface area contributed by atoms with Gasteiger partial charge in [-0.05, 0) is 37.1 Å². The van der Waals surface area contributed by atoms with Crippen LogP contribution >= 0.6 is 0 Å². The molecule has 1 aliphatic rings. The van der Waals surface area contributed by atoms with Crippen molar-refractivity contribution in [3.05, 3.63) is 59.9 Å². The second kappa shape index (κ2) is 7.68. The number of pyridine rings is 1. The van der Waals surface area contributed by atoms with E-state index in [1.54, 1.807) is 12.1 Å². The first kappa shape index (κ1) is 16.8. The maximum atomic E-state index is 13.9. The van der Waals surface area contributed by atoms with Crippen molar-refractivity contribution in [3.8, 4) is 0 Å². The molecule has 2 unspecified atom stereocenters. The lowest BCUT2D eigenvalue weighted by atomic mass is 10.0. The molecule has 1 fully saturated rings. The van der Waals surface area contributed by atoms with Crippen LogP contribution in [-0.2, 0) is 0 Å². The molecule has 0 bridgehead atoms. The molecular weight excluding hydrogens is 312 g/mol. The van der Waals surface area contributed by atoms with Gasteiger partial charge in [0.05, 0.1) is 17.6 Å². The third-order valence-corrected chi connectivity index (χ3v) is 4.31. The molecule has 24 heavy (non-hydrogen) atoms.